The summed E-state index contributed by atoms with van der Waals surface area (Å²) >= 11 is 0. The monoisotopic (exact) mass is 299 g/mol. The van der Waals surface area contributed by atoms with Gasteiger partial charge < -0.3 is 19.5 Å². The van der Waals surface area contributed by atoms with Crippen molar-refractivity contribution in [2.45, 2.75) is 19.4 Å². The van der Waals surface area contributed by atoms with Crippen molar-refractivity contribution < 1.29 is 18.6 Å². The second-order valence-electron chi connectivity index (χ2n) is 4.72. The van der Waals surface area contributed by atoms with E-state index in [4.69, 9.17) is 14.2 Å². The van der Waals surface area contributed by atoms with Gasteiger partial charge in [0.15, 0.2) is 0 Å². The number of hydrogen-bond acceptors (Lipinski definition) is 4. The summed E-state index contributed by atoms with van der Waals surface area (Å²) in [7, 11) is 1.64. The third-order valence-electron chi connectivity index (χ3n) is 2.98. The SMILES string of the molecule is CCCNCC(OCCOCCOC)c1ccc(F)cc1. The average Bonchev–Trinajstić information content (AvgIpc) is 2.50. The van der Waals surface area contributed by atoms with Crippen LogP contribution < -0.4 is 5.32 Å². The van der Waals surface area contributed by atoms with E-state index in [2.05, 4.69) is 12.2 Å². The van der Waals surface area contributed by atoms with Crippen molar-refractivity contribution in [3.05, 3.63) is 35.6 Å². The lowest BCUT2D eigenvalue weighted by Gasteiger charge is -2.19. The number of benzene rings is 1. The van der Waals surface area contributed by atoms with Gasteiger partial charge in [-0.1, -0.05) is 19.1 Å². The van der Waals surface area contributed by atoms with Crippen LogP contribution in [0.3, 0.4) is 0 Å². The molecule has 0 heterocycles. The lowest BCUT2D eigenvalue weighted by atomic mass is 10.1. The van der Waals surface area contributed by atoms with Crippen LogP contribution in [0.25, 0.3) is 0 Å². The molecule has 1 aromatic rings. The van der Waals surface area contributed by atoms with Crippen molar-refractivity contribution in [3.63, 3.8) is 0 Å². The van der Waals surface area contributed by atoms with Crippen LogP contribution in [0.1, 0.15) is 25.0 Å². The molecular weight excluding hydrogens is 273 g/mol. The fraction of sp³-hybridized carbons (Fsp3) is 0.625. The van der Waals surface area contributed by atoms with E-state index in [9.17, 15) is 4.39 Å². The van der Waals surface area contributed by atoms with Crippen LogP contribution in [0.4, 0.5) is 4.39 Å². The summed E-state index contributed by atoms with van der Waals surface area (Å²) in [4.78, 5) is 0. The van der Waals surface area contributed by atoms with Gasteiger partial charge in [0.05, 0.1) is 32.5 Å². The zero-order valence-electron chi connectivity index (χ0n) is 12.9. The summed E-state index contributed by atoms with van der Waals surface area (Å²) in [5, 5.41) is 3.33. The molecule has 0 aliphatic rings. The Kier molecular flexibility index (Phi) is 9.99. The summed E-state index contributed by atoms with van der Waals surface area (Å²) in [6.45, 7) is 5.93. The number of ether oxygens (including phenoxy) is 3. The second-order valence-corrected chi connectivity index (χ2v) is 4.72. The van der Waals surface area contributed by atoms with Crippen LogP contribution in [0.5, 0.6) is 0 Å². The van der Waals surface area contributed by atoms with Gasteiger partial charge in [-0.15, -0.1) is 0 Å². The van der Waals surface area contributed by atoms with Crippen molar-refractivity contribution >= 4 is 0 Å². The predicted molar refractivity (Wildman–Crippen MR) is 80.9 cm³/mol. The molecule has 1 atom stereocenters. The van der Waals surface area contributed by atoms with Gasteiger partial charge in [0, 0.05) is 13.7 Å². The third kappa shape index (κ3) is 8.12. The van der Waals surface area contributed by atoms with Gasteiger partial charge in [0.2, 0.25) is 0 Å². The average molecular weight is 299 g/mol. The Morgan fingerprint density at radius 3 is 2.48 bits per heavy atom. The maximum absolute atomic E-state index is 13.0. The Bertz CT molecular complexity index is 359. The molecule has 120 valence electrons. The molecule has 0 bridgehead atoms. The largest absolute Gasteiger partial charge is 0.382 e. The second kappa shape index (κ2) is 11.6. The van der Waals surface area contributed by atoms with E-state index in [1.807, 2.05) is 0 Å². The van der Waals surface area contributed by atoms with E-state index in [1.54, 1.807) is 19.2 Å². The highest BCUT2D eigenvalue weighted by molar-refractivity contribution is 5.19. The number of halogens is 1. The molecule has 0 fully saturated rings. The van der Waals surface area contributed by atoms with Crippen LogP contribution in [0.15, 0.2) is 24.3 Å². The van der Waals surface area contributed by atoms with Crippen molar-refractivity contribution in [1.82, 2.24) is 5.32 Å². The van der Waals surface area contributed by atoms with E-state index < -0.39 is 0 Å². The number of rotatable bonds is 12. The molecule has 4 nitrogen and oxygen atoms in total. The molecule has 1 unspecified atom stereocenters. The topological polar surface area (TPSA) is 39.7 Å². The van der Waals surface area contributed by atoms with Crippen LogP contribution in [-0.2, 0) is 14.2 Å². The number of methoxy groups -OCH3 is 1. The first kappa shape index (κ1) is 18.0. The molecule has 0 saturated carbocycles. The highest BCUT2D eigenvalue weighted by Crippen LogP contribution is 2.17. The summed E-state index contributed by atoms with van der Waals surface area (Å²) in [6.07, 6.45) is 0.971. The Labute approximate surface area is 126 Å². The molecule has 0 saturated heterocycles. The van der Waals surface area contributed by atoms with E-state index in [-0.39, 0.29) is 11.9 Å². The normalized spacial score (nSPS) is 12.5. The van der Waals surface area contributed by atoms with Gasteiger partial charge in [0.1, 0.15) is 5.82 Å². The van der Waals surface area contributed by atoms with Crippen LogP contribution in [0, 0.1) is 5.82 Å². The fourth-order valence-corrected chi connectivity index (χ4v) is 1.85. The minimum atomic E-state index is -0.234. The van der Waals surface area contributed by atoms with Gasteiger partial charge in [-0.3, -0.25) is 0 Å². The Hall–Kier alpha value is -1.01. The summed E-state index contributed by atoms with van der Waals surface area (Å²) in [5.41, 5.74) is 0.969. The maximum Gasteiger partial charge on any atom is 0.123 e. The lowest BCUT2D eigenvalue weighted by molar-refractivity contribution is -0.00682. The Morgan fingerprint density at radius 2 is 1.81 bits per heavy atom. The molecule has 5 heteroatoms. The van der Waals surface area contributed by atoms with Gasteiger partial charge in [0.25, 0.3) is 0 Å². The minimum absolute atomic E-state index is 0.0943. The molecule has 0 radical (unpaired) electrons. The van der Waals surface area contributed by atoms with E-state index >= 15 is 0 Å². The van der Waals surface area contributed by atoms with Crippen molar-refractivity contribution in [2.24, 2.45) is 0 Å². The summed E-state index contributed by atoms with van der Waals surface area (Å²) in [5.74, 6) is -0.234. The molecule has 1 aromatic carbocycles. The third-order valence-corrected chi connectivity index (χ3v) is 2.98. The molecule has 0 aliphatic carbocycles. The first-order valence-electron chi connectivity index (χ1n) is 7.42. The van der Waals surface area contributed by atoms with Gasteiger partial charge in [-0.2, -0.15) is 0 Å². The summed E-state index contributed by atoms with van der Waals surface area (Å²) < 4.78 is 29.1. The molecular formula is C16H26FNO3. The van der Waals surface area contributed by atoms with Crippen LogP contribution in [-0.4, -0.2) is 46.6 Å². The van der Waals surface area contributed by atoms with Crippen LogP contribution in [0.2, 0.25) is 0 Å². The van der Waals surface area contributed by atoms with E-state index in [1.165, 1.54) is 12.1 Å². The molecule has 0 spiro atoms. The zero-order valence-corrected chi connectivity index (χ0v) is 12.9. The van der Waals surface area contributed by atoms with E-state index in [0.717, 1.165) is 18.5 Å². The molecule has 0 amide bonds. The van der Waals surface area contributed by atoms with Crippen molar-refractivity contribution in [2.75, 3.05) is 46.6 Å². The maximum atomic E-state index is 13.0. The lowest BCUT2D eigenvalue weighted by Crippen LogP contribution is -2.25. The van der Waals surface area contributed by atoms with Gasteiger partial charge in [-0.25, -0.2) is 4.39 Å². The van der Waals surface area contributed by atoms with Gasteiger partial charge >= 0.3 is 0 Å². The van der Waals surface area contributed by atoms with Crippen LogP contribution >= 0.6 is 0 Å². The first-order chi connectivity index (χ1) is 10.3. The van der Waals surface area contributed by atoms with Crippen molar-refractivity contribution in [1.29, 1.82) is 0 Å². The summed E-state index contributed by atoms with van der Waals surface area (Å²) in [6, 6.07) is 6.44. The highest BCUT2D eigenvalue weighted by atomic mass is 19.1. The number of nitrogens with one attached hydrogen (secondary N) is 1. The highest BCUT2D eigenvalue weighted by Gasteiger charge is 2.11. The predicted octanol–water partition coefficient (Wildman–Crippen LogP) is 2.55. The molecule has 0 aliphatic heterocycles. The Morgan fingerprint density at radius 1 is 1.10 bits per heavy atom. The minimum Gasteiger partial charge on any atom is -0.382 e. The smallest absolute Gasteiger partial charge is 0.123 e. The standard InChI is InChI=1S/C16H26FNO3/c1-3-8-18-13-16(14-4-6-15(17)7-5-14)21-12-11-20-10-9-19-2/h4-7,16,18H,3,8-13H2,1-2H3. The molecule has 21 heavy (non-hydrogen) atoms. The quantitative estimate of drug-likeness (QED) is 0.602. The fourth-order valence-electron chi connectivity index (χ4n) is 1.85. The van der Waals surface area contributed by atoms with E-state index in [0.29, 0.717) is 33.0 Å². The molecule has 0 aromatic heterocycles. The van der Waals surface area contributed by atoms with Crippen molar-refractivity contribution in [3.8, 4) is 0 Å². The number of hydrogen-bond donors (Lipinski definition) is 1. The van der Waals surface area contributed by atoms with Gasteiger partial charge in [-0.05, 0) is 30.7 Å². The zero-order chi connectivity index (χ0) is 15.3. The first-order valence-corrected chi connectivity index (χ1v) is 7.42. The molecule has 1 rings (SSSR count). The Balaban J connectivity index is 2.39. The molecule has 1 N–H and O–H groups in total.